The summed E-state index contributed by atoms with van der Waals surface area (Å²) >= 11 is 1.78. The number of hydrogen-bond acceptors (Lipinski definition) is 2. The Balaban J connectivity index is 2.63. The molecule has 0 saturated carbocycles. The standard InChI is InChI=1S/C11H13NOS/c1-3-11(13)12-10-6-4-9(5-7-10)8-14-2/h3-7H,1,8H2,2H3,(H,12,13). The zero-order valence-corrected chi connectivity index (χ0v) is 8.93. The van der Waals surface area contributed by atoms with Gasteiger partial charge in [0.05, 0.1) is 0 Å². The van der Waals surface area contributed by atoms with Crippen molar-refractivity contribution in [3.63, 3.8) is 0 Å². The van der Waals surface area contributed by atoms with Crippen molar-refractivity contribution in [1.29, 1.82) is 0 Å². The molecule has 0 aliphatic heterocycles. The molecule has 14 heavy (non-hydrogen) atoms. The lowest BCUT2D eigenvalue weighted by Gasteiger charge is -2.03. The highest BCUT2D eigenvalue weighted by molar-refractivity contribution is 7.97. The number of hydrogen-bond donors (Lipinski definition) is 1. The second kappa shape index (κ2) is 5.50. The monoisotopic (exact) mass is 207 g/mol. The summed E-state index contributed by atoms with van der Waals surface area (Å²) in [6, 6.07) is 7.81. The van der Waals surface area contributed by atoms with Gasteiger partial charge in [0, 0.05) is 11.4 Å². The first-order chi connectivity index (χ1) is 6.76. The Bertz CT molecular complexity index is 319. The molecule has 0 heterocycles. The number of thioether (sulfide) groups is 1. The lowest BCUT2D eigenvalue weighted by Crippen LogP contribution is -2.06. The molecule has 0 unspecified atom stereocenters. The van der Waals surface area contributed by atoms with E-state index in [1.54, 1.807) is 11.8 Å². The van der Waals surface area contributed by atoms with E-state index in [1.807, 2.05) is 24.3 Å². The number of anilines is 1. The number of carbonyl (C=O) groups is 1. The first kappa shape index (κ1) is 10.9. The molecule has 1 aromatic rings. The van der Waals surface area contributed by atoms with Crippen LogP contribution in [0.4, 0.5) is 5.69 Å². The van der Waals surface area contributed by atoms with Crippen LogP contribution in [0.25, 0.3) is 0 Å². The Kier molecular flexibility index (Phi) is 4.26. The Labute approximate surface area is 88.4 Å². The van der Waals surface area contributed by atoms with Crippen LogP contribution < -0.4 is 5.32 Å². The van der Waals surface area contributed by atoms with Gasteiger partial charge in [-0.15, -0.1) is 0 Å². The highest BCUT2D eigenvalue weighted by atomic mass is 32.2. The van der Waals surface area contributed by atoms with Gasteiger partial charge < -0.3 is 5.32 Å². The lowest BCUT2D eigenvalue weighted by atomic mass is 10.2. The molecule has 3 heteroatoms. The van der Waals surface area contributed by atoms with E-state index >= 15 is 0 Å². The molecule has 0 aliphatic carbocycles. The smallest absolute Gasteiger partial charge is 0.247 e. The quantitative estimate of drug-likeness (QED) is 0.769. The Morgan fingerprint density at radius 1 is 1.50 bits per heavy atom. The summed E-state index contributed by atoms with van der Waals surface area (Å²) in [5.74, 6) is 0.818. The topological polar surface area (TPSA) is 29.1 Å². The van der Waals surface area contributed by atoms with E-state index in [-0.39, 0.29) is 5.91 Å². The fraction of sp³-hybridized carbons (Fsp3) is 0.182. The molecule has 0 atom stereocenters. The number of carbonyl (C=O) groups excluding carboxylic acids is 1. The molecular formula is C11H13NOS. The molecule has 0 aliphatic rings. The predicted molar refractivity (Wildman–Crippen MR) is 62.5 cm³/mol. The maximum Gasteiger partial charge on any atom is 0.247 e. The van der Waals surface area contributed by atoms with E-state index in [0.29, 0.717) is 0 Å². The third-order valence-electron chi connectivity index (χ3n) is 1.72. The van der Waals surface area contributed by atoms with Crippen LogP contribution in [0.2, 0.25) is 0 Å². The molecule has 1 rings (SSSR count). The predicted octanol–water partition coefficient (Wildman–Crippen LogP) is 2.67. The summed E-state index contributed by atoms with van der Waals surface area (Å²) in [6.45, 7) is 3.39. The summed E-state index contributed by atoms with van der Waals surface area (Å²) in [6.07, 6.45) is 3.32. The number of rotatable bonds is 4. The molecule has 0 radical (unpaired) electrons. The molecule has 1 N–H and O–H groups in total. The normalized spacial score (nSPS) is 9.50. The summed E-state index contributed by atoms with van der Waals surface area (Å²) in [4.78, 5) is 11.0. The van der Waals surface area contributed by atoms with E-state index < -0.39 is 0 Å². The Hall–Kier alpha value is -1.22. The second-order valence-electron chi connectivity index (χ2n) is 2.82. The fourth-order valence-electron chi connectivity index (χ4n) is 1.04. The van der Waals surface area contributed by atoms with Crippen LogP contribution in [0, 0.1) is 0 Å². The van der Waals surface area contributed by atoms with E-state index in [9.17, 15) is 4.79 Å². The summed E-state index contributed by atoms with van der Waals surface area (Å²) < 4.78 is 0. The van der Waals surface area contributed by atoms with Gasteiger partial charge in [-0.2, -0.15) is 11.8 Å². The van der Waals surface area contributed by atoms with Crippen LogP contribution in [-0.4, -0.2) is 12.2 Å². The van der Waals surface area contributed by atoms with E-state index in [0.717, 1.165) is 11.4 Å². The molecule has 0 bridgehead atoms. The van der Waals surface area contributed by atoms with Crippen LogP contribution in [0.3, 0.4) is 0 Å². The highest BCUT2D eigenvalue weighted by Gasteiger charge is 1.96. The molecule has 0 aromatic heterocycles. The second-order valence-corrected chi connectivity index (χ2v) is 3.69. The van der Waals surface area contributed by atoms with Gasteiger partial charge in [0.15, 0.2) is 0 Å². The Morgan fingerprint density at radius 3 is 2.64 bits per heavy atom. The van der Waals surface area contributed by atoms with Gasteiger partial charge >= 0.3 is 0 Å². The zero-order valence-electron chi connectivity index (χ0n) is 8.12. The minimum atomic E-state index is -0.178. The van der Waals surface area contributed by atoms with Crippen molar-refractivity contribution in [1.82, 2.24) is 0 Å². The van der Waals surface area contributed by atoms with Crippen molar-refractivity contribution in [2.24, 2.45) is 0 Å². The van der Waals surface area contributed by atoms with Gasteiger partial charge in [-0.05, 0) is 30.0 Å². The highest BCUT2D eigenvalue weighted by Crippen LogP contribution is 2.13. The van der Waals surface area contributed by atoms with Gasteiger partial charge in [0.1, 0.15) is 0 Å². The number of benzene rings is 1. The molecule has 1 aromatic carbocycles. The SMILES string of the molecule is C=CC(=O)Nc1ccc(CSC)cc1. The van der Waals surface area contributed by atoms with Crippen molar-refractivity contribution in [2.75, 3.05) is 11.6 Å². The zero-order chi connectivity index (χ0) is 10.4. The summed E-state index contributed by atoms with van der Waals surface area (Å²) in [5.41, 5.74) is 2.06. The molecular weight excluding hydrogens is 194 g/mol. The van der Waals surface area contributed by atoms with Gasteiger partial charge in [0.25, 0.3) is 0 Å². The third-order valence-corrected chi connectivity index (χ3v) is 2.34. The summed E-state index contributed by atoms with van der Waals surface area (Å²) in [7, 11) is 0. The number of amides is 1. The molecule has 2 nitrogen and oxygen atoms in total. The van der Waals surface area contributed by atoms with Crippen molar-refractivity contribution in [2.45, 2.75) is 5.75 Å². The van der Waals surface area contributed by atoms with Crippen LogP contribution in [-0.2, 0) is 10.5 Å². The van der Waals surface area contributed by atoms with Gasteiger partial charge in [-0.25, -0.2) is 0 Å². The van der Waals surface area contributed by atoms with Crippen molar-refractivity contribution >= 4 is 23.4 Å². The first-order valence-corrected chi connectivity index (χ1v) is 5.67. The minimum absolute atomic E-state index is 0.178. The van der Waals surface area contributed by atoms with Crippen molar-refractivity contribution < 1.29 is 4.79 Å². The molecule has 0 saturated heterocycles. The van der Waals surface area contributed by atoms with E-state index in [1.165, 1.54) is 11.6 Å². The van der Waals surface area contributed by atoms with Crippen molar-refractivity contribution in [3.05, 3.63) is 42.5 Å². The van der Waals surface area contributed by atoms with Crippen molar-refractivity contribution in [3.8, 4) is 0 Å². The molecule has 74 valence electrons. The van der Waals surface area contributed by atoms with Gasteiger partial charge in [-0.1, -0.05) is 18.7 Å². The third kappa shape index (κ3) is 3.26. The van der Waals surface area contributed by atoms with Crippen LogP contribution in [0.5, 0.6) is 0 Å². The lowest BCUT2D eigenvalue weighted by molar-refractivity contribution is -0.111. The van der Waals surface area contributed by atoms with Gasteiger partial charge in [0.2, 0.25) is 5.91 Å². The maximum absolute atomic E-state index is 11.0. The first-order valence-electron chi connectivity index (χ1n) is 4.27. The molecule has 1 amide bonds. The average Bonchev–Trinajstić information content (AvgIpc) is 2.21. The van der Waals surface area contributed by atoms with E-state index in [4.69, 9.17) is 0 Å². The largest absolute Gasteiger partial charge is 0.323 e. The van der Waals surface area contributed by atoms with Crippen LogP contribution in [0.15, 0.2) is 36.9 Å². The molecule has 0 fully saturated rings. The molecule has 0 spiro atoms. The maximum atomic E-state index is 11.0. The van der Waals surface area contributed by atoms with Crippen LogP contribution in [0.1, 0.15) is 5.56 Å². The Morgan fingerprint density at radius 2 is 2.14 bits per heavy atom. The summed E-state index contributed by atoms with van der Waals surface area (Å²) in [5, 5.41) is 2.70. The minimum Gasteiger partial charge on any atom is -0.323 e. The van der Waals surface area contributed by atoms with Crippen LogP contribution >= 0.6 is 11.8 Å². The number of nitrogens with one attached hydrogen (secondary N) is 1. The fourth-order valence-corrected chi connectivity index (χ4v) is 1.57. The van der Waals surface area contributed by atoms with E-state index in [2.05, 4.69) is 18.2 Å². The van der Waals surface area contributed by atoms with Gasteiger partial charge in [-0.3, -0.25) is 4.79 Å². The average molecular weight is 207 g/mol.